The summed E-state index contributed by atoms with van der Waals surface area (Å²) in [5.41, 5.74) is 1.04. The molecule has 0 aliphatic heterocycles. The van der Waals surface area contributed by atoms with E-state index in [1.165, 1.54) is 12.1 Å². The Labute approximate surface area is 144 Å². The quantitative estimate of drug-likeness (QED) is 0.868. The fraction of sp³-hybridized carbons (Fsp3) is 0.412. The average molecular weight is 354 g/mol. The van der Waals surface area contributed by atoms with Gasteiger partial charge < -0.3 is 14.8 Å². The lowest BCUT2D eigenvalue weighted by Crippen LogP contribution is -2.36. The Hall–Kier alpha value is -2.35. The number of rotatable bonds is 6. The molecule has 1 amide bonds. The minimum atomic E-state index is -4.42. The zero-order valence-electron chi connectivity index (χ0n) is 14.4. The molecule has 1 heterocycles. The number of H-pyrrole nitrogens is 1. The number of halogens is 3. The van der Waals surface area contributed by atoms with Gasteiger partial charge in [0.2, 0.25) is 0 Å². The second-order valence-electron chi connectivity index (χ2n) is 6.08. The van der Waals surface area contributed by atoms with Gasteiger partial charge >= 0.3 is 6.18 Å². The van der Waals surface area contributed by atoms with Crippen molar-refractivity contribution < 1.29 is 18.0 Å². The average Bonchev–Trinajstić information content (AvgIpc) is 2.95. The molecule has 1 aromatic heterocycles. The Morgan fingerprint density at radius 2 is 1.80 bits per heavy atom. The Balaban J connectivity index is 2.20. The summed E-state index contributed by atoms with van der Waals surface area (Å²) in [6.07, 6.45) is -2.87. The highest BCUT2D eigenvalue weighted by Crippen LogP contribution is 2.29. The van der Waals surface area contributed by atoms with Crippen LogP contribution in [0.2, 0.25) is 0 Å². The Morgan fingerprint density at radius 3 is 2.28 bits per heavy atom. The minimum Gasteiger partial charge on any atom is -0.348 e. The molecule has 0 saturated carbocycles. The van der Waals surface area contributed by atoms with Gasteiger partial charge in [0.25, 0.3) is 5.91 Å². The lowest BCUT2D eigenvalue weighted by Gasteiger charge is -2.24. The molecule has 0 radical (unpaired) electrons. The summed E-state index contributed by atoms with van der Waals surface area (Å²) < 4.78 is 38.0. The maximum absolute atomic E-state index is 12.7. The van der Waals surface area contributed by atoms with Crippen molar-refractivity contribution in [2.24, 2.45) is 0 Å². The van der Waals surface area contributed by atoms with Crippen LogP contribution in [0.1, 0.15) is 27.3 Å². The Kier molecular flexibility index (Phi) is 5.84. The first-order valence-electron chi connectivity index (χ1n) is 7.78. The van der Waals surface area contributed by atoms with Crippen molar-refractivity contribution in [3.8, 4) is 0 Å². The maximum Gasteiger partial charge on any atom is 0.416 e. The SMILES string of the molecule is Cc1[nH]cnc1CN(CCN(C)C)C(=O)c1ccc(C(F)(F)F)cc1. The zero-order valence-corrected chi connectivity index (χ0v) is 14.4. The van der Waals surface area contributed by atoms with Crippen LogP contribution in [-0.4, -0.2) is 52.9 Å². The number of nitrogens with one attached hydrogen (secondary N) is 1. The number of carbonyl (C=O) groups is 1. The van der Waals surface area contributed by atoms with Gasteiger partial charge in [-0.25, -0.2) is 4.98 Å². The van der Waals surface area contributed by atoms with Gasteiger partial charge in [-0.2, -0.15) is 13.2 Å². The maximum atomic E-state index is 12.7. The second kappa shape index (κ2) is 7.69. The first kappa shape index (κ1) is 19.0. The van der Waals surface area contributed by atoms with Gasteiger partial charge in [-0.1, -0.05) is 0 Å². The van der Waals surface area contributed by atoms with E-state index in [2.05, 4.69) is 9.97 Å². The van der Waals surface area contributed by atoms with Crippen LogP contribution in [0.5, 0.6) is 0 Å². The van der Waals surface area contributed by atoms with Crippen molar-refractivity contribution in [1.29, 1.82) is 0 Å². The van der Waals surface area contributed by atoms with Gasteiger partial charge in [0.15, 0.2) is 0 Å². The van der Waals surface area contributed by atoms with E-state index >= 15 is 0 Å². The van der Waals surface area contributed by atoms with Crippen molar-refractivity contribution in [3.63, 3.8) is 0 Å². The van der Waals surface area contributed by atoms with Gasteiger partial charge in [0.05, 0.1) is 24.1 Å². The topological polar surface area (TPSA) is 52.2 Å². The lowest BCUT2D eigenvalue weighted by atomic mass is 10.1. The van der Waals surface area contributed by atoms with Crippen LogP contribution in [0.4, 0.5) is 13.2 Å². The van der Waals surface area contributed by atoms with E-state index < -0.39 is 11.7 Å². The summed E-state index contributed by atoms with van der Waals surface area (Å²) in [6, 6.07) is 4.28. The number of imidazole rings is 1. The molecule has 5 nitrogen and oxygen atoms in total. The molecule has 8 heteroatoms. The summed E-state index contributed by atoms with van der Waals surface area (Å²) in [7, 11) is 3.78. The number of alkyl halides is 3. The molecule has 0 aliphatic carbocycles. The molecule has 0 atom stereocenters. The summed E-state index contributed by atoms with van der Waals surface area (Å²) in [5.74, 6) is -0.321. The van der Waals surface area contributed by atoms with E-state index in [0.717, 1.165) is 23.5 Å². The molecule has 0 aliphatic rings. The number of aromatic nitrogens is 2. The van der Waals surface area contributed by atoms with Crippen molar-refractivity contribution in [1.82, 2.24) is 19.8 Å². The van der Waals surface area contributed by atoms with Crippen molar-refractivity contribution in [3.05, 3.63) is 53.1 Å². The molecule has 0 spiro atoms. The third-order valence-electron chi connectivity index (χ3n) is 3.84. The van der Waals surface area contributed by atoms with Gasteiger partial charge in [-0.15, -0.1) is 0 Å². The van der Waals surface area contributed by atoms with Crippen molar-refractivity contribution in [2.75, 3.05) is 27.2 Å². The molecule has 1 N–H and O–H groups in total. The van der Waals surface area contributed by atoms with Crippen LogP contribution in [0.15, 0.2) is 30.6 Å². The molecular formula is C17H21F3N4O. The third kappa shape index (κ3) is 5.06. The lowest BCUT2D eigenvalue weighted by molar-refractivity contribution is -0.137. The van der Waals surface area contributed by atoms with Crippen LogP contribution in [0, 0.1) is 6.92 Å². The third-order valence-corrected chi connectivity index (χ3v) is 3.84. The number of amides is 1. The van der Waals surface area contributed by atoms with Gasteiger partial charge in [-0.05, 0) is 45.3 Å². The highest BCUT2D eigenvalue weighted by molar-refractivity contribution is 5.94. The molecule has 25 heavy (non-hydrogen) atoms. The summed E-state index contributed by atoms with van der Waals surface area (Å²) in [5, 5.41) is 0. The number of nitrogens with zero attached hydrogens (tertiary/aromatic N) is 3. The number of carbonyl (C=O) groups excluding carboxylic acids is 1. The van der Waals surface area contributed by atoms with Gasteiger partial charge in [-0.3, -0.25) is 4.79 Å². The number of aryl methyl sites for hydroxylation is 1. The molecule has 0 unspecified atom stereocenters. The standard InChI is InChI=1S/C17H21F3N4O/c1-12-15(22-11-21-12)10-24(9-8-23(2)3)16(25)13-4-6-14(7-5-13)17(18,19)20/h4-7,11H,8-10H2,1-3H3,(H,21,22). The molecule has 0 saturated heterocycles. The summed E-state index contributed by atoms with van der Waals surface area (Å²) >= 11 is 0. The molecule has 136 valence electrons. The first-order chi connectivity index (χ1) is 11.7. The summed E-state index contributed by atoms with van der Waals surface area (Å²) in [4.78, 5) is 23.4. The highest BCUT2D eigenvalue weighted by Gasteiger charge is 2.30. The largest absolute Gasteiger partial charge is 0.416 e. The van der Waals surface area contributed by atoms with Crippen LogP contribution in [0.3, 0.4) is 0 Å². The van der Waals surface area contributed by atoms with Crippen molar-refractivity contribution >= 4 is 5.91 Å². The number of hydrogen-bond acceptors (Lipinski definition) is 3. The Bertz CT molecular complexity index is 707. The fourth-order valence-electron chi connectivity index (χ4n) is 2.28. The van der Waals surface area contributed by atoms with Gasteiger partial charge in [0.1, 0.15) is 0 Å². The normalized spacial score (nSPS) is 11.8. The number of benzene rings is 1. The first-order valence-corrected chi connectivity index (χ1v) is 7.78. The van der Waals surface area contributed by atoms with Crippen molar-refractivity contribution in [2.45, 2.75) is 19.6 Å². The fourth-order valence-corrected chi connectivity index (χ4v) is 2.28. The number of aromatic amines is 1. The van der Waals surface area contributed by atoms with Crippen LogP contribution < -0.4 is 0 Å². The molecular weight excluding hydrogens is 333 g/mol. The molecule has 2 rings (SSSR count). The second-order valence-corrected chi connectivity index (χ2v) is 6.08. The predicted octanol–water partition coefficient (Wildman–Crippen LogP) is 2.94. The van der Waals surface area contributed by atoms with E-state index in [1.807, 2.05) is 25.9 Å². The van der Waals surface area contributed by atoms with E-state index in [0.29, 0.717) is 19.6 Å². The van der Waals surface area contributed by atoms with E-state index in [1.54, 1.807) is 11.2 Å². The van der Waals surface area contributed by atoms with Crippen LogP contribution >= 0.6 is 0 Å². The van der Waals surface area contributed by atoms with E-state index in [9.17, 15) is 18.0 Å². The van der Waals surface area contributed by atoms with E-state index in [-0.39, 0.29) is 11.5 Å². The monoisotopic (exact) mass is 354 g/mol. The van der Waals surface area contributed by atoms with E-state index in [4.69, 9.17) is 0 Å². The molecule has 0 fully saturated rings. The molecule has 1 aromatic carbocycles. The molecule has 0 bridgehead atoms. The highest BCUT2D eigenvalue weighted by atomic mass is 19.4. The summed E-state index contributed by atoms with van der Waals surface area (Å²) in [6.45, 7) is 3.23. The van der Waals surface area contributed by atoms with Gasteiger partial charge in [0, 0.05) is 24.3 Å². The zero-order chi connectivity index (χ0) is 18.6. The minimum absolute atomic E-state index is 0.222. The molecule has 2 aromatic rings. The van der Waals surface area contributed by atoms with Crippen LogP contribution in [-0.2, 0) is 12.7 Å². The van der Waals surface area contributed by atoms with Crippen LogP contribution in [0.25, 0.3) is 0 Å². The number of hydrogen-bond donors (Lipinski definition) is 1. The predicted molar refractivity (Wildman–Crippen MR) is 88.1 cm³/mol. The number of likely N-dealkylation sites (N-methyl/N-ethyl adjacent to an activating group) is 1. The smallest absolute Gasteiger partial charge is 0.348 e. The Morgan fingerprint density at radius 1 is 1.16 bits per heavy atom.